The summed E-state index contributed by atoms with van der Waals surface area (Å²) < 4.78 is 5.14. The molecule has 0 aliphatic carbocycles. The van der Waals surface area contributed by atoms with E-state index in [4.69, 9.17) is 16.3 Å². The summed E-state index contributed by atoms with van der Waals surface area (Å²) in [5, 5.41) is 0.284. The lowest BCUT2D eigenvalue weighted by molar-refractivity contribution is -0.144. The van der Waals surface area contributed by atoms with Crippen molar-refractivity contribution in [3.8, 4) is 0 Å². The first kappa shape index (κ1) is 16.2. The maximum absolute atomic E-state index is 12.5. The van der Waals surface area contributed by atoms with Crippen LogP contribution in [0.25, 0.3) is 0 Å². The number of amides is 1. The minimum atomic E-state index is -0.472. The standard InChI is InChI=1S/C15H22ClN3O2/c1-15(2,10-21-3)13(20)19-8-5-11(6-9-19)12-4-7-17-14(16)18-12/h4,7,11H,5-6,8-10H2,1-3H3. The number of hydrogen-bond donors (Lipinski definition) is 0. The molecule has 0 N–H and O–H groups in total. The first-order valence-corrected chi connectivity index (χ1v) is 7.58. The Morgan fingerprint density at radius 2 is 2.14 bits per heavy atom. The van der Waals surface area contributed by atoms with E-state index in [-0.39, 0.29) is 11.2 Å². The summed E-state index contributed by atoms with van der Waals surface area (Å²) in [6.45, 7) is 5.79. The van der Waals surface area contributed by atoms with Crippen molar-refractivity contribution >= 4 is 17.5 Å². The molecule has 0 aromatic carbocycles. The predicted molar refractivity (Wildman–Crippen MR) is 81.3 cm³/mol. The van der Waals surface area contributed by atoms with Crippen molar-refractivity contribution < 1.29 is 9.53 Å². The summed E-state index contributed by atoms with van der Waals surface area (Å²) in [5.74, 6) is 0.503. The highest BCUT2D eigenvalue weighted by atomic mass is 35.5. The van der Waals surface area contributed by atoms with Gasteiger partial charge in [0, 0.05) is 38.0 Å². The van der Waals surface area contributed by atoms with E-state index in [0.717, 1.165) is 31.6 Å². The summed E-state index contributed by atoms with van der Waals surface area (Å²) in [7, 11) is 1.63. The number of hydrogen-bond acceptors (Lipinski definition) is 4. The Labute approximate surface area is 130 Å². The minimum Gasteiger partial charge on any atom is -0.384 e. The number of ether oxygens (including phenoxy) is 1. The molecule has 1 aromatic heterocycles. The van der Waals surface area contributed by atoms with Gasteiger partial charge in [-0.25, -0.2) is 9.97 Å². The van der Waals surface area contributed by atoms with Gasteiger partial charge < -0.3 is 9.64 Å². The number of nitrogens with zero attached hydrogens (tertiary/aromatic N) is 3. The molecule has 0 unspecified atom stereocenters. The van der Waals surface area contributed by atoms with Gasteiger partial charge in [0.2, 0.25) is 11.2 Å². The van der Waals surface area contributed by atoms with Crippen LogP contribution >= 0.6 is 11.6 Å². The summed E-state index contributed by atoms with van der Waals surface area (Å²) in [5.41, 5.74) is 0.498. The van der Waals surface area contributed by atoms with Crippen molar-refractivity contribution in [2.24, 2.45) is 5.41 Å². The zero-order valence-corrected chi connectivity index (χ0v) is 13.6. The summed E-state index contributed by atoms with van der Waals surface area (Å²) >= 11 is 5.84. The van der Waals surface area contributed by atoms with Crippen molar-refractivity contribution in [3.05, 3.63) is 23.2 Å². The number of carbonyl (C=O) groups is 1. The molecule has 21 heavy (non-hydrogen) atoms. The molecule has 2 rings (SSSR count). The smallest absolute Gasteiger partial charge is 0.230 e. The fourth-order valence-electron chi connectivity index (χ4n) is 2.80. The minimum absolute atomic E-state index is 0.156. The third kappa shape index (κ3) is 3.92. The fourth-order valence-corrected chi connectivity index (χ4v) is 2.96. The highest BCUT2D eigenvalue weighted by Crippen LogP contribution is 2.29. The molecule has 1 aliphatic heterocycles. The SMILES string of the molecule is COCC(C)(C)C(=O)N1CCC(c2ccnc(Cl)n2)CC1. The Bertz CT molecular complexity index is 499. The molecule has 1 amide bonds. The number of halogens is 1. The number of aromatic nitrogens is 2. The van der Waals surface area contributed by atoms with Crippen LogP contribution in [0, 0.1) is 5.41 Å². The topological polar surface area (TPSA) is 55.3 Å². The largest absolute Gasteiger partial charge is 0.384 e. The molecule has 0 bridgehead atoms. The molecule has 5 nitrogen and oxygen atoms in total. The quantitative estimate of drug-likeness (QED) is 0.802. The van der Waals surface area contributed by atoms with Crippen LogP contribution < -0.4 is 0 Å². The summed E-state index contributed by atoms with van der Waals surface area (Å²) in [6, 6.07) is 1.91. The molecular weight excluding hydrogens is 290 g/mol. The lowest BCUT2D eigenvalue weighted by Crippen LogP contribution is -2.46. The van der Waals surface area contributed by atoms with E-state index in [9.17, 15) is 4.79 Å². The molecule has 116 valence electrons. The molecule has 0 saturated carbocycles. The highest BCUT2D eigenvalue weighted by Gasteiger charge is 2.34. The molecule has 2 heterocycles. The number of methoxy groups -OCH3 is 1. The third-order valence-electron chi connectivity index (χ3n) is 3.93. The number of carbonyl (C=O) groups excluding carboxylic acids is 1. The second kappa shape index (κ2) is 6.71. The van der Waals surface area contributed by atoms with Crippen molar-refractivity contribution in [3.63, 3.8) is 0 Å². The first-order chi connectivity index (χ1) is 9.94. The number of likely N-dealkylation sites (tertiary alicyclic amines) is 1. The van der Waals surface area contributed by atoms with Crippen molar-refractivity contribution in [1.29, 1.82) is 0 Å². The Morgan fingerprint density at radius 3 is 2.71 bits per heavy atom. The van der Waals surface area contributed by atoms with Gasteiger partial charge in [0.05, 0.1) is 12.0 Å². The van der Waals surface area contributed by atoms with Gasteiger partial charge in [0.1, 0.15) is 0 Å². The van der Waals surface area contributed by atoms with E-state index in [1.165, 1.54) is 0 Å². The maximum atomic E-state index is 12.5. The first-order valence-electron chi connectivity index (χ1n) is 7.21. The van der Waals surface area contributed by atoms with Crippen molar-refractivity contribution in [2.75, 3.05) is 26.8 Å². The average Bonchev–Trinajstić information content (AvgIpc) is 2.46. The van der Waals surface area contributed by atoms with Gasteiger partial charge in [-0.2, -0.15) is 0 Å². The van der Waals surface area contributed by atoms with Gasteiger partial charge >= 0.3 is 0 Å². The van der Waals surface area contributed by atoms with Gasteiger partial charge in [-0.1, -0.05) is 0 Å². The van der Waals surface area contributed by atoms with E-state index >= 15 is 0 Å². The number of rotatable bonds is 4. The van der Waals surface area contributed by atoms with E-state index < -0.39 is 5.41 Å². The van der Waals surface area contributed by atoms with E-state index in [1.54, 1.807) is 13.3 Å². The van der Waals surface area contributed by atoms with Crippen molar-refractivity contribution in [2.45, 2.75) is 32.6 Å². The van der Waals surface area contributed by atoms with Crippen LogP contribution in [0.2, 0.25) is 5.28 Å². The average molecular weight is 312 g/mol. The lowest BCUT2D eigenvalue weighted by atomic mass is 9.89. The van der Waals surface area contributed by atoms with Crippen LogP contribution in [0.4, 0.5) is 0 Å². The Balaban J connectivity index is 1.96. The molecule has 1 aliphatic rings. The van der Waals surface area contributed by atoms with Gasteiger partial charge in [0.25, 0.3) is 0 Å². The molecule has 1 aromatic rings. The van der Waals surface area contributed by atoms with Gasteiger partial charge in [-0.3, -0.25) is 4.79 Å². The summed E-state index contributed by atoms with van der Waals surface area (Å²) in [4.78, 5) is 22.6. The molecule has 0 spiro atoms. The van der Waals surface area contributed by atoms with E-state index in [1.807, 2.05) is 24.8 Å². The number of piperidine rings is 1. The Morgan fingerprint density at radius 1 is 1.48 bits per heavy atom. The normalized spacial score (nSPS) is 17.0. The predicted octanol–water partition coefficient (Wildman–Crippen LogP) is 2.51. The van der Waals surface area contributed by atoms with Crippen molar-refractivity contribution in [1.82, 2.24) is 14.9 Å². The molecule has 6 heteroatoms. The van der Waals surface area contributed by atoms with Crippen LogP contribution in [0.5, 0.6) is 0 Å². The summed E-state index contributed by atoms with van der Waals surface area (Å²) in [6.07, 6.45) is 3.49. The molecule has 1 fully saturated rings. The second-order valence-electron chi connectivity index (χ2n) is 6.13. The van der Waals surface area contributed by atoms with Crippen LogP contribution in [-0.4, -0.2) is 47.6 Å². The molecule has 1 saturated heterocycles. The van der Waals surface area contributed by atoms with Crippen LogP contribution in [0.15, 0.2) is 12.3 Å². The molecule has 0 atom stereocenters. The van der Waals surface area contributed by atoms with E-state index in [0.29, 0.717) is 12.5 Å². The third-order valence-corrected chi connectivity index (χ3v) is 4.11. The van der Waals surface area contributed by atoms with Crippen LogP contribution in [0.1, 0.15) is 38.3 Å². The van der Waals surface area contributed by atoms with Gasteiger partial charge in [-0.15, -0.1) is 0 Å². The zero-order chi connectivity index (χ0) is 15.5. The van der Waals surface area contributed by atoms with Gasteiger partial charge in [-0.05, 0) is 44.4 Å². The highest BCUT2D eigenvalue weighted by molar-refractivity contribution is 6.28. The van der Waals surface area contributed by atoms with E-state index in [2.05, 4.69) is 9.97 Å². The second-order valence-corrected chi connectivity index (χ2v) is 6.47. The molecular formula is C15H22ClN3O2. The Hall–Kier alpha value is -1.20. The van der Waals surface area contributed by atoms with Crippen LogP contribution in [0.3, 0.4) is 0 Å². The lowest BCUT2D eigenvalue weighted by Gasteiger charge is -2.36. The zero-order valence-electron chi connectivity index (χ0n) is 12.8. The van der Waals surface area contributed by atoms with Gasteiger partial charge in [0.15, 0.2) is 0 Å². The fraction of sp³-hybridized carbons (Fsp3) is 0.667. The monoisotopic (exact) mass is 311 g/mol. The molecule has 0 radical (unpaired) electrons. The Kier molecular flexibility index (Phi) is 5.17. The van der Waals surface area contributed by atoms with Crippen LogP contribution in [-0.2, 0) is 9.53 Å². The maximum Gasteiger partial charge on any atom is 0.230 e.